The van der Waals surface area contributed by atoms with Crippen LogP contribution in [0, 0.1) is 0 Å². The molecule has 0 amide bonds. The third kappa shape index (κ3) is 4.98. The first-order chi connectivity index (χ1) is 13.4. The van der Waals surface area contributed by atoms with Crippen LogP contribution in [0.1, 0.15) is 52.2 Å². The molecule has 0 bridgehead atoms. The van der Waals surface area contributed by atoms with Crippen molar-refractivity contribution in [3.05, 3.63) is 17.5 Å². The molecule has 0 aromatic carbocycles. The van der Waals surface area contributed by atoms with Gasteiger partial charge < -0.3 is 19.6 Å². The quantitative estimate of drug-likeness (QED) is 0.595. The molecule has 154 valence electrons. The summed E-state index contributed by atoms with van der Waals surface area (Å²) in [5, 5.41) is 8.45. The normalized spacial score (nSPS) is 16.0. The average Bonchev–Trinajstić information content (AvgIpc) is 3.34. The summed E-state index contributed by atoms with van der Waals surface area (Å²) in [4.78, 5) is 18.4. The summed E-state index contributed by atoms with van der Waals surface area (Å²) >= 11 is 1.49. The average molecular weight is 407 g/mol. The van der Waals surface area contributed by atoms with Gasteiger partial charge in [0.2, 0.25) is 11.0 Å². The number of piperazine rings is 1. The Balaban J connectivity index is 1.61. The third-order valence-corrected chi connectivity index (χ3v) is 5.25. The number of aryl methyl sites for hydroxylation is 1. The Morgan fingerprint density at radius 1 is 1.14 bits per heavy atom. The van der Waals surface area contributed by atoms with Crippen LogP contribution in [0.3, 0.4) is 0 Å². The van der Waals surface area contributed by atoms with Crippen molar-refractivity contribution in [1.82, 2.24) is 29.7 Å². The zero-order valence-electron chi connectivity index (χ0n) is 17.4. The lowest BCUT2D eigenvalue weighted by Crippen LogP contribution is -2.52. The fourth-order valence-electron chi connectivity index (χ4n) is 2.82. The summed E-state index contributed by atoms with van der Waals surface area (Å²) in [6.07, 6.45) is 0.876. The van der Waals surface area contributed by atoms with Crippen molar-refractivity contribution in [3.63, 3.8) is 0 Å². The summed E-state index contributed by atoms with van der Waals surface area (Å²) in [6.45, 7) is 15.1. The highest BCUT2D eigenvalue weighted by Crippen LogP contribution is 2.20. The molecule has 1 aliphatic rings. The summed E-state index contributed by atoms with van der Waals surface area (Å²) in [5.74, 6) is 3.06. The zero-order chi connectivity index (χ0) is 20.1. The maximum atomic E-state index is 5.36. The van der Waals surface area contributed by atoms with Crippen molar-refractivity contribution < 1.29 is 4.52 Å². The number of nitrogens with one attached hydrogen (secondary N) is 1. The molecule has 10 heteroatoms. The monoisotopic (exact) mass is 406 g/mol. The van der Waals surface area contributed by atoms with E-state index in [2.05, 4.69) is 69.2 Å². The molecule has 0 saturated carbocycles. The van der Waals surface area contributed by atoms with E-state index in [0.29, 0.717) is 18.3 Å². The second-order valence-electron chi connectivity index (χ2n) is 7.76. The van der Waals surface area contributed by atoms with E-state index in [1.54, 1.807) is 0 Å². The highest BCUT2D eigenvalue weighted by Gasteiger charge is 2.23. The number of aliphatic imine (C=N–C) groups is 1. The molecule has 0 aliphatic carbocycles. The summed E-state index contributed by atoms with van der Waals surface area (Å²) in [5.41, 5.74) is -0.155. The van der Waals surface area contributed by atoms with Crippen molar-refractivity contribution in [3.8, 4) is 0 Å². The second-order valence-corrected chi connectivity index (χ2v) is 8.49. The van der Waals surface area contributed by atoms with E-state index in [4.69, 9.17) is 9.52 Å². The van der Waals surface area contributed by atoms with E-state index in [1.807, 2.05) is 0 Å². The van der Waals surface area contributed by atoms with Crippen LogP contribution in [0.5, 0.6) is 0 Å². The lowest BCUT2D eigenvalue weighted by atomic mass is 9.97. The first kappa shape index (κ1) is 20.5. The number of anilines is 1. The zero-order valence-corrected chi connectivity index (χ0v) is 18.2. The molecule has 9 nitrogen and oxygen atoms in total. The summed E-state index contributed by atoms with van der Waals surface area (Å²) < 4.78 is 9.75. The Hall–Kier alpha value is -2.23. The van der Waals surface area contributed by atoms with E-state index in [1.165, 1.54) is 11.5 Å². The van der Waals surface area contributed by atoms with Gasteiger partial charge in [0, 0.05) is 56.1 Å². The topological polar surface area (TPSA) is 95.6 Å². The number of guanidine groups is 1. The highest BCUT2D eigenvalue weighted by atomic mass is 32.1. The number of aromatic nitrogens is 4. The van der Waals surface area contributed by atoms with Gasteiger partial charge in [-0.15, -0.1) is 0 Å². The van der Waals surface area contributed by atoms with Crippen LogP contribution >= 0.6 is 11.5 Å². The van der Waals surface area contributed by atoms with Crippen molar-refractivity contribution in [2.75, 3.05) is 37.6 Å². The Kier molecular flexibility index (Phi) is 6.48. The minimum absolute atomic E-state index is 0.155. The molecule has 0 spiro atoms. The van der Waals surface area contributed by atoms with Crippen molar-refractivity contribution in [2.45, 2.75) is 53.0 Å². The Labute approximate surface area is 170 Å². The summed E-state index contributed by atoms with van der Waals surface area (Å²) in [7, 11) is 0. The number of nitrogens with zero attached hydrogens (tertiary/aromatic N) is 7. The molecular formula is C18H30N8OS. The van der Waals surface area contributed by atoms with Gasteiger partial charge in [-0.3, -0.25) is 0 Å². The first-order valence-electron chi connectivity index (χ1n) is 9.84. The van der Waals surface area contributed by atoms with Gasteiger partial charge in [-0.1, -0.05) is 32.9 Å². The molecule has 3 heterocycles. The van der Waals surface area contributed by atoms with Crippen LogP contribution in [0.25, 0.3) is 0 Å². The molecule has 0 radical (unpaired) electrons. The van der Waals surface area contributed by atoms with Gasteiger partial charge >= 0.3 is 0 Å². The van der Waals surface area contributed by atoms with E-state index in [-0.39, 0.29) is 5.41 Å². The highest BCUT2D eigenvalue weighted by molar-refractivity contribution is 7.09. The lowest BCUT2D eigenvalue weighted by Gasteiger charge is -2.36. The minimum atomic E-state index is -0.155. The largest absolute Gasteiger partial charge is 0.357 e. The van der Waals surface area contributed by atoms with Gasteiger partial charge in [0.15, 0.2) is 11.8 Å². The predicted molar refractivity (Wildman–Crippen MR) is 111 cm³/mol. The molecule has 1 saturated heterocycles. The van der Waals surface area contributed by atoms with E-state index in [9.17, 15) is 0 Å². The van der Waals surface area contributed by atoms with Crippen LogP contribution < -0.4 is 10.2 Å². The van der Waals surface area contributed by atoms with Gasteiger partial charge in [0.25, 0.3) is 0 Å². The van der Waals surface area contributed by atoms with Crippen LogP contribution in [0.2, 0.25) is 0 Å². The lowest BCUT2D eigenvalue weighted by molar-refractivity contribution is 0.318. The standard InChI is InChI=1S/C18H30N8OS/c1-6-13-22-17(28-24-13)26-10-8-25(9-11-26)16(19-7-2)20-12-14-21-15(27-23-14)18(3,4)5/h6-12H2,1-5H3,(H,19,20). The molecule has 3 rings (SSSR count). The van der Waals surface area contributed by atoms with Gasteiger partial charge in [-0.25, -0.2) is 9.98 Å². The van der Waals surface area contributed by atoms with Crippen molar-refractivity contribution in [1.29, 1.82) is 0 Å². The van der Waals surface area contributed by atoms with Crippen LogP contribution in [0.4, 0.5) is 5.13 Å². The number of hydrogen-bond acceptors (Lipinski definition) is 8. The second kappa shape index (κ2) is 8.85. The first-order valence-corrected chi connectivity index (χ1v) is 10.6. The van der Waals surface area contributed by atoms with Crippen LogP contribution in [-0.4, -0.2) is 63.1 Å². The molecule has 1 aliphatic heterocycles. The Bertz CT molecular complexity index is 786. The molecule has 28 heavy (non-hydrogen) atoms. The van der Waals surface area contributed by atoms with E-state index < -0.39 is 0 Å². The fourth-order valence-corrected chi connectivity index (χ4v) is 3.62. The SMILES string of the molecule is CCNC(=NCc1noc(C(C)(C)C)n1)N1CCN(c2nc(CC)ns2)CC1. The predicted octanol–water partition coefficient (Wildman–Crippen LogP) is 2.07. The van der Waals surface area contributed by atoms with Gasteiger partial charge in [-0.2, -0.15) is 9.36 Å². The molecular weight excluding hydrogens is 376 g/mol. The van der Waals surface area contributed by atoms with Crippen molar-refractivity contribution in [2.24, 2.45) is 4.99 Å². The Morgan fingerprint density at radius 3 is 2.46 bits per heavy atom. The molecule has 2 aromatic rings. The van der Waals surface area contributed by atoms with Crippen LogP contribution in [0.15, 0.2) is 9.52 Å². The van der Waals surface area contributed by atoms with E-state index >= 15 is 0 Å². The summed E-state index contributed by atoms with van der Waals surface area (Å²) in [6, 6.07) is 0. The van der Waals surface area contributed by atoms with Gasteiger partial charge in [0.1, 0.15) is 12.4 Å². The molecule has 2 aromatic heterocycles. The van der Waals surface area contributed by atoms with E-state index in [0.717, 1.165) is 56.1 Å². The fraction of sp³-hybridized carbons (Fsp3) is 0.722. The van der Waals surface area contributed by atoms with Gasteiger partial charge in [0.05, 0.1) is 0 Å². The maximum absolute atomic E-state index is 5.36. The van der Waals surface area contributed by atoms with Crippen molar-refractivity contribution >= 4 is 22.6 Å². The van der Waals surface area contributed by atoms with Crippen LogP contribution in [-0.2, 0) is 18.4 Å². The third-order valence-electron chi connectivity index (χ3n) is 4.44. The molecule has 1 fully saturated rings. The van der Waals surface area contributed by atoms with Gasteiger partial charge in [-0.05, 0) is 6.92 Å². The number of rotatable bonds is 5. The molecule has 0 atom stereocenters. The maximum Gasteiger partial charge on any atom is 0.232 e. The smallest absolute Gasteiger partial charge is 0.232 e. The Morgan fingerprint density at radius 2 is 1.89 bits per heavy atom. The molecule has 0 unspecified atom stereocenters. The molecule has 1 N–H and O–H groups in total. The minimum Gasteiger partial charge on any atom is -0.357 e. The number of hydrogen-bond donors (Lipinski definition) is 1.